The fourth-order valence-electron chi connectivity index (χ4n) is 6.13. The maximum atomic E-state index is 13.9. The van der Waals surface area contributed by atoms with E-state index in [1.807, 2.05) is 6.92 Å². The second kappa shape index (κ2) is 14.7. The number of hydrogen-bond donors (Lipinski definition) is 4. The number of fused-ring (bicyclic) bond motifs is 5. The molecule has 0 saturated heterocycles. The molecule has 2 aliphatic rings. The van der Waals surface area contributed by atoms with Crippen LogP contribution in [-0.2, 0) is 58.5 Å². The first-order chi connectivity index (χ1) is 23.4. The molecule has 0 aliphatic carbocycles. The van der Waals surface area contributed by atoms with Crippen molar-refractivity contribution in [3.63, 3.8) is 0 Å². The van der Waals surface area contributed by atoms with E-state index in [2.05, 4.69) is 10.5 Å². The number of amides is 2. The van der Waals surface area contributed by atoms with Crippen LogP contribution < -0.4 is 16.1 Å². The molecule has 1 radical (unpaired) electrons. The molecule has 0 spiro atoms. The number of nitrogens with zero attached hydrogens (tertiary/aromatic N) is 2. The Bertz CT molecular complexity index is 1860. The number of rotatable bonds is 13. The highest BCUT2D eigenvalue weighted by Crippen LogP contribution is 2.42. The molecule has 0 fully saturated rings. The molecule has 2 aromatic heterocycles. The highest BCUT2D eigenvalue weighted by molar-refractivity contribution is 6.36. The van der Waals surface area contributed by atoms with Gasteiger partial charge in [-0.2, -0.15) is 0 Å². The number of carbonyl (C=O) groups is 4. The van der Waals surface area contributed by atoms with Crippen LogP contribution in [0.25, 0.3) is 22.3 Å². The van der Waals surface area contributed by atoms with Crippen LogP contribution in [0, 0.1) is 5.92 Å². The summed E-state index contributed by atoms with van der Waals surface area (Å²) in [5.74, 6) is -2.07. The van der Waals surface area contributed by atoms with E-state index in [4.69, 9.17) is 29.0 Å². The van der Waals surface area contributed by atoms with Crippen molar-refractivity contribution < 1.29 is 48.3 Å². The lowest BCUT2D eigenvalue weighted by Crippen LogP contribution is -2.48. The van der Waals surface area contributed by atoms with Crippen LogP contribution in [0.15, 0.2) is 29.1 Å². The summed E-state index contributed by atoms with van der Waals surface area (Å²) in [5, 5.41) is 24.6. The van der Waals surface area contributed by atoms with Gasteiger partial charge in [-0.1, -0.05) is 27.7 Å². The van der Waals surface area contributed by atoms with E-state index in [-0.39, 0.29) is 55.5 Å². The lowest BCUT2D eigenvalue weighted by atomic mass is 9.85. The number of carbonyl (C=O) groups excluding carboxylic acids is 4. The number of aromatic hydroxyl groups is 1. The Balaban J connectivity index is 1.36. The Morgan fingerprint density at radius 2 is 1.88 bits per heavy atom. The van der Waals surface area contributed by atoms with E-state index in [0.29, 0.717) is 23.3 Å². The summed E-state index contributed by atoms with van der Waals surface area (Å²) in [6.45, 7) is 5.58. The van der Waals surface area contributed by atoms with E-state index in [0.717, 1.165) is 23.9 Å². The van der Waals surface area contributed by atoms with Crippen LogP contribution in [0.3, 0.4) is 0 Å². The van der Waals surface area contributed by atoms with Gasteiger partial charge in [0.1, 0.15) is 32.2 Å². The van der Waals surface area contributed by atoms with E-state index < -0.39 is 54.4 Å². The van der Waals surface area contributed by atoms with Crippen LogP contribution in [-0.4, -0.2) is 83.5 Å². The molecule has 49 heavy (non-hydrogen) atoms. The fourth-order valence-corrected chi connectivity index (χ4v) is 6.13. The zero-order valence-corrected chi connectivity index (χ0v) is 27.7. The SMILES string of the molecule is CCc1c2c(nc3ccc(O)cc13)-c1cc3c(c(=O)n1C2)COC(=O)C3(CC)OC(=O)OCC(NC(=O)COCC(=O)N[B]CO)C(C)C. The molecule has 2 amide bonds. The number of aliphatic hydroxyl groups excluding tert-OH is 1. The number of phenolic OH excluding ortho intramolecular Hbond substituents is 1. The maximum absolute atomic E-state index is 13.9. The monoisotopic (exact) mass is 677 g/mol. The summed E-state index contributed by atoms with van der Waals surface area (Å²) in [6.07, 6.45) is -0.660. The van der Waals surface area contributed by atoms with Crippen LogP contribution >= 0.6 is 0 Å². The van der Waals surface area contributed by atoms with Crippen LogP contribution in [0.4, 0.5) is 4.79 Å². The number of phenols is 1. The van der Waals surface area contributed by atoms with Crippen LogP contribution in [0.1, 0.15) is 56.4 Å². The van der Waals surface area contributed by atoms with E-state index >= 15 is 0 Å². The zero-order valence-electron chi connectivity index (χ0n) is 27.7. The number of nitrogens with one attached hydrogen (secondary N) is 2. The first kappa shape index (κ1) is 35.4. The number of esters is 1. The average Bonchev–Trinajstić information content (AvgIpc) is 3.44. The largest absolute Gasteiger partial charge is 0.509 e. The second-order valence-corrected chi connectivity index (χ2v) is 12.1. The number of aliphatic hydroxyl groups is 1. The topological polar surface area (TPSA) is 205 Å². The predicted octanol–water partition coefficient (Wildman–Crippen LogP) is 1.35. The molecule has 4 N–H and O–H groups in total. The number of benzene rings is 1. The summed E-state index contributed by atoms with van der Waals surface area (Å²) in [6, 6.07) is 5.87. The van der Waals surface area contributed by atoms with Crippen molar-refractivity contribution in [2.75, 3.05) is 26.3 Å². The van der Waals surface area contributed by atoms with Crippen molar-refractivity contribution >= 4 is 42.3 Å². The quantitative estimate of drug-likeness (QED) is 0.117. The van der Waals surface area contributed by atoms with Gasteiger partial charge in [-0.3, -0.25) is 14.4 Å². The van der Waals surface area contributed by atoms with Gasteiger partial charge in [-0.15, -0.1) is 0 Å². The lowest BCUT2D eigenvalue weighted by molar-refractivity contribution is -0.175. The van der Waals surface area contributed by atoms with E-state index in [9.17, 15) is 29.1 Å². The van der Waals surface area contributed by atoms with Crippen molar-refractivity contribution in [2.45, 2.75) is 65.3 Å². The molecule has 2 unspecified atom stereocenters. The van der Waals surface area contributed by atoms with Gasteiger partial charge in [-0.25, -0.2) is 14.6 Å². The molecular formula is C33H38BN4O11. The Hall–Kier alpha value is -4.96. The highest BCUT2D eigenvalue weighted by Gasteiger charge is 2.51. The smallest absolute Gasteiger partial charge is 0.508 e. The molecule has 4 heterocycles. The molecule has 5 rings (SSSR count). The molecule has 2 atom stereocenters. The second-order valence-electron chi connectivity index (χ2n) is 12.1. The number of aromatic nitrogens is 2. The van der Waals surface area contributed by atoms with Crippen LogP contribution in [0.5, 0.6) is 5.75 Å². The Kier molecular flexibility index (Phi) is 10.6. The van der Waals surface area contributed by atoms with Gasteiger partial charge in [0.2, 0.25) is 17.4 Å². The lowest BCUT2D eigenvalue weighted by Gasteiger charge is -2.35. The van der Waals surface area contributed by atoms with Gasteiger partial charge in [0, 0.05) is 23.0 Å². The maximum Gasteiger partial charge on any atom is 0.509 e. The normalized spacial score (nSPS) is 16.7. The van der Waals surface area contributed by atoms with Gasteiger partial charge in [-0.05, 0) is 48.6 Å². The summed E-state index contributed by atoms with van der Waals surface area (Å²) in [4.78, 5) is 69.3. The minimum absolute atomic E-state index is 0.0698. The molecule has 15 nitrogen and oxygen atoms in total. The molecule has 2 aliphatic heterocycles. The van der Waals surface area contributed by atoms with Gasteiger partial charge < -0.3 is 44.3 Å². The third-order valence-corrected chi connectivity index (χ3v) is 8.72. The minimum atomic E-state index is -1.99. The van der Waals surface area contributed by atoms with E-state index in [1.165, 1.54) is 6.07 Å². The van der Waals surface area contributed by atoms with Crippen molar-refractivity contribution in [2.24, 2.45) is 5.92 Å². The third-order valence-electron chi connectivity index (χ3n) is 8.72. The molecule has 0 bridgehead atoms. The van der Waals surface area contributed by atoms with E-state index in [1.54, 1.807) is 43.5 Å². The Labute approximate surface area is 282 Å². The number of pyridine rings is 2. The zero-order chi connectivity index (χ0) is 35.5. The van der Waals surface area contributed by atoms with Crippen molar-refractivity contribution in [3.05, 3.63) is 56.9 Å². The average molecular weight is 677 g/mol. The third kappa shape index (κ3) is 6.96. The molecule has 1 aromatic carbocycles. The van der Waals surface area contributed by atoms with Gasteiger partial charge in [0.15, 0.2) is 0 Å². The summed E-state index contributed by atoms with van der Waals surface area (Å²) in [7, 11) is 1.13. The molecular weight excluding hydrogens is 639 g/mol. The van der Waals surface area contributed by atoms with Crippen LogP contribution in [0.2, 0.25) is 0 Å². The molecule has 3 aromatic rings. The number of hydrogen-bond acceptors (Lipinski definition) is 12. The highest BCUT2D eigenvalue weighted by atomic mass is 16.7. The summed E-state index contributed by atoms with van der Waals surface area (Å²) >= 11 is 0. The van der Waals surface area contributed by atoms with Crippen molar-refractivity contribution in [1.29, 1.82) is 0 Å². The van der Waals surface area contributed by atoms with Gasteiger partial charge in [0.05, 0.1) is 35.1 Å². The van der Waals surface area contributed by atoms with Crippen molar-refractivity contribution in [1.82, 2.24) is 20.1 Å². The minimum Gasteiger partial charge on any atom is -0.508 e. The number of cyclic esters (lactones) is 1. The Morgan fingerprint density at radius 3 is 2.57 bits per heavy atom. The molecule has 259 valence electrons. The first-order valence-electron chi connectivity index (χ1n) is 16.0. The molecule has 16 heteroatoms. The molecule has 0 saturated carbocycles. The number of aryl methyl sites for hydroxylation is 1. The number of ether oxygens (including phenoxy) is 4. The predicted molar refractivity (Wildman–Crippen MR) is 174 cm³/mol. The first-order valence-corrected chi connectivity index (χ1v) is 16.0. The summed E-state index contributed by atoms with van der Waals surface area (Å²) in [5.41, 5.74) is 1.37. The standard InChI is InChI=1S/C33H38BN4O11/c1-5-19-20-9-18(40)7-8-24(20)36-29-21(19)11-38-26(29)10-23-22(30(38)43)12-47-31(44)33(23,6-2)49-32(45)48-13-25(17(3)4)35-27(41)14-46-15-28(42)37-34-16-39/h7-10,17,25,39-40H,5-6,11-16H2,1-4H3,(H,35,41)(H,37,42). The summed E-state index contributed by atoms with van der Waals surface area (Å²) < 4.78 is 23.2. The fraction of sp³-hybridized carbons (Fsp3) is 0.455. The van der Waals surface area contributed by atoms with Gasteiger partial charge in [0.25, 0.3) is 13.0 Å². The van der Waals surface area contributed by atoms with Crippen molar-refractivity contribution in [3.8, 4) is 17.1 Å². The van der Waals surface area contributed by atoms with Gasteiger partial charge >= 0.3 is 12.1 Å². The Morgan fingerprint density at radius 1 is 1.12 bits per heavy atom.